The van der Waals surface area contributed by atoms with Gasteiger partial charge in [0.05, 0.1) is 5.75 Å². The van der Waals surface area contributed by atoms with Gasteiger partial charge in [-0.05, 0) is 30.0 Å². The summed E-state index contributed by atoms with van der Waals surface area (Å²) in [6, 6.07) is 9.71. The Balaban J connectivity index is 1.42. The fraction of sp³-hybridized carbons (Fsp3) is 0.235. The summed E-state index contributed by atoms with van der Waals surface area (Å²) in [6.07, 6.45) is 1.52. The molecule has 2 aromatic heterocycles. The van der Waals surface area contributed by atoms with Gasteiger partial charge in [0.15, 0.2) is 0 Å². The Labute approximate surface area is 148 Å². The summed E-state index contributed by atoms with van der Waals surface area (Å²) in [4.78, 5) is 21.2. The van der Waals surface area contributed by atoms with Crippen molar-refractivity contribution in [3.8, 4) is 5.75 Å². The van der Waals surface area contributed by atoms with E-state index in [1.807, 2.05) is 42.6 Å². The fourth-order valence-corrected chi connectivity index (χ4v) is 3.65. The molecule has 0 amide bonds. The Bertz CT molecular complexity index is 835. The summed E-state index contributed by atoms with van der Waals surface area (Å²) in [6.45, 7) is 2.54. The lowest BCUT2D eigenvalue weighted by atomic mass is 10.2. The van der Waals surface area contributed by atoms with Gasteiger partial charge in [0.25, 0.3) is 0 Å². The molecule has 0 spiro atoms. The number of carbonyl (C=O) groups excluding carboxylic acids is 1. The Kier molecular flexibility index (Phi) is 5.66. The van der Waals surface area contributed by atoms with Crippen molar-refractivity contribution in [1.82, 2.24) is 9.97 Å². The molecule has 0 N–H and O–H groups in total. The lowest BCUT2D eigenvalue weighted by Gasteiger charge is -2.09. The van der Waals surface area contributed by atoms with Gasteiger partial charge in [-0.15, -0.1) is 11.3 Å². The minimum Gasteiger partial charge on any atom is -0.490 e. The van der Waals surface area contributed by atoms with Gasteiger partial charge in [-0.3, -0.25) is 4.79 Å². The summed E-state index contributed by atoms with van der Waals surface area (Å²) >= 11 is 2.91. The predicted octanol–water partition coefficient (Wildman–Crippen LogP) is 3.71. The van der Waals surface area contributed by atoms with Crippen molar-refractivity contribution in [2.45, 2.75) is 11.9 Å². The molecular formula is C17H16N2O3S2. The zero-order valence-corrected chi connectivity index (χ0v) is 14.7. The number of benzene rings is 1. The monoisotopic (exact) mass is 360 g/mol. The molecule has 0 fully saturated rings. The molecule has 0 aliphatic heterocycles. The maximum Gasteiger partial charge on any atom is 0.316 e. The van der Waals surface area contributed by atoms with Gasteiger partial charge in [0, 0.05) is 5.39 Å². The van der Waals surface area contributed by atoms with Crippen LogP contribution in [0.4, 0.5) is 0 Å². The van der Waals surface area contributed by atoms with E-state index in [0.717, 1.165) is 26.6 Å². The number of para-hydroxylation sites is 1. The number of esters is 1. The summed E-state index contributed by atoms with van der Waals surface area (Å²) in [5.41, 5.74) is 1.06. The molecule has 2 heterocycles. The normalized spacial score (nSPS) is 10.7. The molecule has 0 atom stereocenters. The van der Waals surface area contributed by atoms with E-state index in [1.54, 1.807) is 11.3 Å². The molecule has 124 valence electrons. The van der Waals surface area contributed by atoms with Crippen LogP contribution in [0.5, 0.6) is 5.75 Å². The number of aryl methyl sites for hydroxylation is 1. The first-order valence-electron chi connectivity index (χ1n) is 7.39. The minimum absolute atomic E-state index is 0.215. The van der Waals surface area contributed by atoms with Crippen LogP contribution in [0.1, 0.15) is 5.56 Å². The molecule has 0 unspecified atom stereocenters. The third kappa shape index (κ3) is 4.24. The molecule has 3 aromatic rings. The number of thiophene rings is 1. The number of hydrogen-bond donors (Lipinski definition) is 0. The van der Waals surface area contributed by atoms with Crippen LogP contribution < -0.4 is 4.74 Å². The van der Waals surface area contributed by atoms with Gasteiger partial charge in [-0.2, -0.15) is 0 Å². The van der Waals surface area contributed by atoms with Gasteiger partial charge >= 0.3 is 5.97 Å². The molecule has 0 saturated heterocycles. The number of rotatable bonds is 7. The first kappa shape index (κ1) is 16.7. The molecule has 0 saturated carbocycles. The smallest absolute Gasteiger partial charge is 0.316 e. The van der Waals surface area contributed by atoms with E-state index in [0.29, 0.717) is 6.61 Å². The zero-order chi connectivity index (χ0) is 16.8. The second-order valence-electron chi connectivity index (χ2n) is 4.94. The van der Waals surface area contributed by atoms with Crippen LogP contribution in [-0.2, 0) is 9.53 Å². The van der Waals surface area contributed by atoms with Crippen molar-refractivity contribution in [3.05, 3.63) is 47.6 Å². The standard InChI is InChI=1S/C17H16N2O3S2/c1-12-4-2-3-5-14(12)21-7-8-22-15(20)10-24-17-13-6-9-23-16(13)18-11-19-17/h2-6,9,11H,7-8,10H2,1H3. The first-order chi connectivity index (χ1) is 11.7. The van der Waals surface area contributed by atoms with E-state index in [4.69, 9.17) is 9.47 Å². The lowest BCUT2D eigenvalue weighted by molar-refractivity contribution is -0.141. The first-order valence-corrected chi connectivity index (χ1v) is 9.25. The molecule has 5 nitrogen and oxygen atoms in total. The Morgan fingerprint density at radius 3 is 2.96 bits per heavy atom. The quantitative estimate of drug-likeness (QED) is 0.277. The van der Waals surface area contributed by atoms with Gasteiger partial charge in [0.1, 0.15) is 35.1 Å². The maximum atomic E-state index is 11.8. The predicted molar refractivity (Wildman–Crippen MR) is 95.8 cm³/mol. The highest BCUT2D eigenvalue weighted by atomic mass is 32.2. The molecule has 0 aliphatic rings. The molecule has 24 heavy (non-hydrogen) atoms. The van der Waals surface area contributed by atoms with E-state index in [-0.39, 0.29) is 18.3 Å². The van der Waals surface area contributed by atoms with Crippen molar-refractivity contribution in [2.75, 3.05) is 19.0 Å². The van der Waals surface area contributed by atoms with Crippen LogP contribution in [0, 0.1) is 6.92 Å². The number of nitrogens with zero attached hydrogens (tertiary/aromatic N) is 2. The second kappa shape index (κ2) is 8.12. The average Bonchev–Trinajstić information content (AvgIpc) is 3.07. The van der Waals surface area contributed by atoms with E-state index < -0.39 is 0 Å². The average molecular weight is 360 g/mol. The van der Waals surface area contributed by atoms with Crippen LogP contribution >= 0.6 is 23.1 Å². The van der Waals surface area contributed by atoms with Crippen LogP contribution in [0.2, 0.25) is 0 Å². The van der Waals surface area contributed by atoms with E-state index in [2.05, 4.69) is 9.97 Å². The highest BCUT2D eigenvalue weighted by Gasteiger charge is 2.09. The van der Waals surface area contributed by atoms with Gasteiger partial charge in [0.2, 0.25) is 0 Å². The number of carbonyl (C=O) groups is 1. The maximum absolute atomic E-state index is 11.8. The third-order valence-electron chi connectivity index (χ3n) is 3.25. The van der Waals surface area contributed by atoms with Crippen molar-refractivity contribution < 1.29 is 14.3 Å². The fourth-order valence-electron chi connectivity index (χ4n) is 2.08. The van der Waals surface area contributed by atoms with Crippen molar-refractivity contribution >= 4 is 39.3 Å². The number of hydrogen-bond acceptors (Lipinski definition) is 7. The molecule has 7 heteroatoms. The molecular weight excluding hydrogens is 344 g/mol. The van der Waals surface area contributed by atoms with Gasteiger partial charge < -0.3 is 9.47 Å². The number of ether oxygens (including phenoxy) is 2. The van der Waals surface area contributed by atoms with Crippen LogP contribution in [-0.4, -0.2) is 34.9 Å². The van der Waals surface area contributed by atoms with Crippen molar-refractivity contribution in [1.29, 1.82) is 0 Å². The summed E-state index contributed by atoms with van der Waals surface area (Å²) in [5.74, 6) is 0.742. The van der Waals surface area contributed by atoms with E-state index >= 15 is 0 Å². The second-order valence-corrected chi connectivity index (χ2v) is 6.80. The lowest BCUT2D eigenvalue weighted by Crippen LogP contribution is -2.14. The highest BCUT2D eigenvalue weighted by molar-refractivity contribution is 8.00. The molecule has 0 bridgehead atoms. The Morgan fingerprint density at radius 2 is 2.08 bits per heavy atom. The van der Waals surface area contributed by atoms with E-state index in [9.17, 15) is 4.79 Å². The molecule has 3 rings (SSSR count). The zero-order valence-electron chi connectivity index (χ0n) is 13.1. The Morgan fingerprint density at radius 1 is 1.21 bits per heavy atom. The summed E-state index contributed by atoms with van der Waals surface area (Å²) in [7, 11) is 0. The summed E-state index contributed by atoms with van der Waals surface area (Å²) < 4.78 is 10.8. The van der Waals surface area contributed by atoms with Crippen molar-refractivity contribution in [3.63, 3.8) is 0 Å². The SMILES string of the molecule is Cc1ccccc1OCCOC(=O)CSc1ncnc2sccc12. The minimum atomic E-state index is -0.282. The number of thioether (sulfide) groups is 1. The molecule has 1 aromatic carbocycles. The third-order valence-corrected chi connectivity index (χ3v) is 5.05. The molecule has 0 radical (unpaired) electrons. The highest BCUT2D eigenvalue weighted by Crippen LogP contribution is 2.27. The van der Waals surface area contributed by atoms with Crippen molar-refractivity contribution in [2.24, 2.45) is 0 Å². The van der Waals surface area contributed by atoms with E-state index in [1.165, 1.54) is 18.1 Å². The largest absolute Gasteiger partial charge is 0.490 e. The summed E-state index contributed by atoms with van der Waals surface area (Å²) in [5, 5.41) is 3.74. The Hall–Kier alpha value is -2.12. The van der Waals surface area contributed by atoms with Crippen LogP contribution in [0.25, 0.3) is 10.2 Å². The van der Waals surface area contributed by atoms with Gasteiger partial charge in [-0.1, -0.05) is 30.0 Å². The molecule has 0 aliphatic carbocycles. The van der Waals surface area contributed by atoms with Crippen LogP contribution in [0.3, 0.4) is 0 Å². The number of aromatic nitrogens is 2. The topological polar surface area (TPSA) is 61.3 Å². The number of fused-ring (bicyclic) bond motifs is 1. The van der Waals surface area contributed by atoms with Crippen LogP contribution in [0.15, 0.2) is 47.1 Å². The van der Waals surface area contributed by atoms with Gasteiger partial charge in [-0.25, -0.2) is 9.97 Å².